The number of hydrogen-bond donors (Lipinski definition) is 0. The lowest BCUT2D eigenvalue weighted by molar-refractivity contribution is 0.0961. The molecule has 0 aliphatic carbocycles. The average molecular weight is 352 g/mol. The van der Waals surface area contributed by atoms with Crippen LogP contribution in [0.25, 0.3) is 11.4 Å². The lowest BCUT2D eigenvalue weighted by atomic mass is 10.1. The van der Waals surface area contributed by atoms with Crippen LogP contribution in [-0.2, 0) is 13.7 Å². The van der Waals surface area contributed by atoms with Gasteiger partial charge >= 0.3 is 0 Å². The molecular formula is C18H20N6O2. The van der Waals surface area contributed by atoms with Crippen molar-refractivity contribution in [2.24, 2.45) is 13.0 Å². The second kappa shape index (κ2) is 7.81. The molecule has 0 spiro atoms. The van der Waals surface area contributed by atoms with E-state index in [0.717, 1.165) is 11.4 Å². The lowest BCUT2D eigenvalue weighted by Gasteiger charge is -2.07. The standard InChI is InChI=1S/C18H20N6O2/c1-12(2)10-16(25)13-7-8-17(21-20-13)26-11-15-18(22-23-24(15)3)14-6-4-5-9-19-14/h4-9,12H,10-11H2,1-3H3. The lowest BCUT2D eigenvalue weighted by Crippen LogP contribution is -2.09. The van der Waals surface area contributed by atoms with Crippen LogP contribution in [0.2, 0.25) is 0 Å². The highest BCUT2D eigenvalue weighted by Gasteiger charge is 2.15. The van der Waals surface area contributed by atoms with Crippen molar-refractivity contribution in [2.45, 2.75) is 26.9 Å². The molecule has 0 bridgehead atoms. The Morgan fingerprint density at radius 2 is 2.00 bits per heavy atom. The predicted molar refractivity (Wildman–Crippen MR) is 94.4 cm³/mol. The van der Waals surface area contributed by atoms with Crippen molar-refractivity contribution in [3.63, 3.8) is 0 Å². The summed E-state index contributed by atoms with van der Waals surface area (Å²) in [7, 11) is 1.79. The van der Waals surface area contributed by atoms with Gasteiger partial charge in [0.2, 0.25) is 5.88 Å². The molecule has 0 aliphatic rings. The number of nitrogens with zero attached hydrogens (tertiary/aromatic N) is 6. The average Bonchev–Trinajstić information content (AvgIpc) is 3.01. The monoisotopic (exact) mass is 352 g/mol. The Morgan fingerprint density at radius 1 is 1.15 bits per heavy atom. The number of carbonyl (C=O) groups is 1. The van der Waals surface area contributed by atoms with E-state index < -0.39 is 0 Å². The molecule has 0 radical (unpaired) electrons. The van der Waals surface area contributed by atoms with Crippen molar-refractivity contribution in [1.29, 1.82) is 0 Å². The van der Waals surface area contributed by atoms with Gasteiger partial charge in [0.05, 0.1) is 5.69 Å². The third kappa shape index (κ3) is 4.08. The van der Waals surface area contributed by atoms with Crippen LogP contribution in [0, 0.1) is 5.92 Å². The topological polar surface area (TPSA) is 95.7 Å². The van der Waals surface area contributed by atoms with E-state index in [2.05, 4.69) is 25.5 Å². The molecule has 0 N–H and O–H groups in total. The van der Waals surface area contributed by atoms with E-state index in [4.69, 9.17) is 4.74 Å². The summed E-state index contributed by atoms with van der Waals surface area (Å²) in [5.74, 6) is 0.592. The van der Waals surface area contributed by atoms with Crippen LogP contribution in [0.1, 0.15) is 36.5 Å². The van der Waals surface area contributed by atoms with Gasteiger partial charge in [0, 0.05) is 25.7 Å². The minimum Gasteiger partial charge on any atom is -0.470 e. The second-order valence-corrected chi connectivity index (χ2v) is 6.29. The summed E-state index contributed by atoms with van der Waals surface area (Å²) < 4.78 is 7.33. The van der Waals surface area contributed by atoms with Gasteiger partial charge < -0.3 is 4.74 Å². The van der Waals surface area contributed by atoms with Gasteiger partial charge in [-0.25, -0.2) is 4.68 Å². The van der Waals surface area contributed by atoms with Gasteiger partial charge in [0.15, 0.2) is 5.78 Å². The highest BCUT2D eigenvalue weighted by atomic mass is 16.5. The van der Waals surface area contributed by atoms with Crippen molar-refractivity contribution >= 4 is 5.78 Å². The first-order chi connectivity index (χ1) is 12.5. The van der Waals surface area contributed by atoms with E-state index in [1.54, 1.807) is 30.1 Å². The number of aromatic nitrogens is 6. The number of Topliss-reactive ketones (excluding diaryl/α,β-unsaturated/α-hetero) is 1. The molecule has 0 unspecified atom stereocenters. The maximum atomic E-state index is 12.0. The fraction of sp³-hybridized carbons (Fsp3) is 0.333. The highest BCUT2D eigenvalue weighted by molar-refractivity contribution is 5.94. The molecule has 3 rings (SSSR count). The van der Waals surface area contributed by atoms with Crippen LogP contribution >= 0.6 is 0 Å². The Hall–Kier alpha value is -3.16. The molecule has 0 atom stereocenters. The summed E-state index contributed by atoms with van der Waals surface area (Å²) >= 11 is 0. The molecule has 134 valence electrons. The third-order valence-electron chi connectivity index (χ3n) is 3.73. The largest absolute Gasteiger partial charge is 0.470 e. The quantitative estimate of drug-likeness (QED) is 0.603. The zero-order chi connectivity index (χ0) is 18.5. The number of ketones is 1. The van der Waals surface area contributed by atoms with Crippen molar-refractivity contribution in [2.75, 3.05) is 0 Å². The minimum absolute atomic E-state index is 0.0210. The summed E-state index contributed by atoms with van der Waals surface area (Å²) in [6.45, 7) is 4.19. The Morgan fingerprint density at radius 3 is 2.65 bits per heavy atom. The summed E-state index contributed by atoms with van der Waals surface area (Å²) in [5, 5.41) is 16.1. The molecule has 3 aromatic heterocycles. The van der Waals surface area contributed by atoms with E-state index in [1.807, 2.05) is 32.0 Å². The maximum Gasteiger partial charge on any atom is 0.233 e. The van der Waals surface area contributed by atoms with Crippen molar-refractivity contribution in [3.8, 4) is 17.3 Å². The van der Waals surface area contributed by atoms with Crippen molar-refractivity contribution in [3.05, 3.63) is 47.9 Å². The summed E-state index contributed by atoms with van der Waals surface area (Å²) in [6, 6.07) is 8.87. The number of pyridine rings is 1. The van der Waals surface area contributed by atoms with E-state index >= 15 is 0 Å². The second-order valence-electron chi connectivity index (χ2n) is 6.29. The molecule has 0 aromatic carbocycles. The van der Waals surface area contributed by atoms with Crippen LogP contribution in [0.5, 0.6) is 5.88 Å². The molecule has 26 heavy (non-hydrogen) atoms. The predicted octanol–water partition coefficient (Wildman–Crippen LogP) is 2.47. The van der Waals surface area contributed by atoms with Crippen LogP contribution in [0.15, 0.2) is 36.5 Å². The molecule has 8 nitrogen and oxygen atoms in total. The molecule has 0 saturated heterocycles. The van der Waals surface area contributed by atoms with Gasteiger partial charge in [-0.3, -0.25) is 9.78 Å². The minimum atomic E-state index is -0.0210. The zero-order valence-corrected chi connectivity index (χ0v) is 15.0. The number of carbonyl (C=O) groups excluding carboxylic acids is 1. The summed E-state index contributed by atoms with van der Waals surface area (Å²) in [6.07, 6.45) is 2.15. The summed E-state index contributed by atoms with van der Waals surface area (Å²) in [4.78, 5) is 16.3. The molecule has 0 aliphatic heterocycles. The number of hydrogen-bond acceptors (Lipinski definition) is 7. The Kier molecular flexibility index (Phi) is 5.31. The Bertz CT molecular complexity index is 874. The van der Waals surface area contributed by atoms with Gasteiger partial charge in [-0.15, -0.1) is 15.3 Å². The number of aryl methyl sites for hydroxylation is 1. The zero-order valence-electron chi connectivity index (χ0n) is 15.0. The molecule has 3 aromatic rings. The van der Waals surface area contributed by atoms with E-state index in [1.165, 1.54) is 0 Å². The smallest absolute Gasteiger partial charge is 0.233 e. The maximum absolute atomic E-state index is 12.0. The van der Waals surface area contributed by atoms with Crippen molar-refractivity contribution in [1.82, 2.24) is 30.2 Å². The molecule has 0 fully saturated rings. The first-order valence-electron chi connectivity index (χ1n) is 8.34. The van der Waals surface area contributed by atoms with Gasteiger partial charge in [0.25, 0.3) is 0 Å². The van der Waals surface area contributed by atoms with Gasteiger partial charge in [0.1, 0.15) is 23.7 Å². The first kappa shape index (κ1) is 17.7. The first-order valence-corrected chi connectivity index (χ1v) is 8.34. The van der Waals surface area contributed by atoms with Gasteiger partial charge in [-0.1, -0.05) is 25.1 Å². The molecular weight excluding hydrogens is 332 g/mol. The number of rotatable bonds is 7. The van der Waals surface area contributed by atoms with E-state index in [-0.39, 0.29) is 18.3 Å². The molecule has 3 heterocycles. The summed E-state index contributed by atoms with van der Waals surface area (Å²) in [5.41, 5.74) is 2.50. The van der Waals surface area contributed by atoms with Crippen molar-refractivity contribution < 1.29 is 9.53 Å². The van der Waals surface area contributed by atoms with Gasteiger partial charge in [-0.05, 0) is 24.1 Å². The fourth-order valence-corrected chi connectivity index (χ4v) is 2.40. The van der Waals surface area contributed by atoms with Gasteiger partial charge in [-0.2, -0.15) is 0 Å². The van der Waals surface area contributed by atoms with Crippen LogP contribution in [-0.4, -0.2) is 36.0 Å². The normalized spacial score (nSPS) is 10.9. The highest BCUT2D eigenvalue weighted by Crippen LogP contribution is 2.19. The van der Waals surface area contributed by atoms with Crippen LogP contribution in [0.4, 0.5) is 0 Å². The third-order valence-corrected chi connectivity index (χ3v) is 3.73. The van der Waals surface area contributed by atoms with Crippen LogP contribution in [0.3, 0.4) is 0 Å². The van der Waals surface area contributed by atoms with Crippen LogP contribution < -0.4 is 4.74 Å². The number of ether oxygens (including phenoxy) is 1. The SMILES string of the molecule is CC(C)CC(=O)c1ccc(OCc2c(-c3ccccn3)nnn2C)nn1. The van der Waals surface area contributed by atoms with E-state index in [9.17, 15) is 4.79 Å². The molecule has 0 saturated carbocycles. The Balaban J connectivity index is 1.70. The molecule has 0 amide bonds. The Labute approximate surface area is 151 Å². The molecule has 8 heteroatoms. The fourth-order valence-electron chi connectivity index (χ4n) is 2.40. The van der Waals surface area contributed by atoms with E-state index in [0.29, 0.717) is 23.7 Å².